The van der Waals surface area contributed by atoms with E-state index in [1.807, 2.05) is 0 Å². The highest BCUT2D eigenvalue weighted by atomic mass is 28.3. The maximum Gasteiger partial charge on any atom is 0.252 e. The van der Waals surface area contributed by atoms with Crippen molar-refractivity contribution in [3.8, 4) is 22.5 Å². The molecule has 0 atom stereocenters. The predicted octanol–water partition coefficient (Wildman–Crippen LogP) is 16.7. The van der Waals surface area contributed by atoms with Crippen molar-refractivity contribution in [1.82, 2.24) is 9.13 Å². The van der Waals surface area contributed by atoms with Gasteiger partial charge in [-0.3, -0.25) is 0 Å². The number of fused-ring (bicyclic) bond motifs is 14. The summed E-state index contributed by atoms with van der Waals surface area (Å²) < 4.78 is 5.60. The molecule has 0 saturated heterocycles. The fraction of sp³-hybridized carbons (Fsp3) is 0.316. The van der Waals surface area contributed by atoms with Crippen LogP contribution in [0.5, 0.6) is 0 Å². The van der Waals surface area contributed by atoms with Crippen LogP contribution in [0.25, 0.3) is 66.1 Å². The number of rotatable bonds is 6. The van der Waals surface area contributed by atoms with Crippen LogP contribution in [-0.2, 0) is 21.7 Å². The zero-order valence-corrected chi connectivity index (χ0v) is 54.1. The van der Waals surface area contributed by atoms with Gasteiger partial charge in [0, 0.05) is 49.8 Å². The Hall–Kier alpha value is -7.34. The van der Waals surface area contributed by atoms with Crippen LogP contribution in [0.2, 0.25) is 0 Å². The second-order valence-corrected chi connectivity index (χ2v) is 34.5. The molecule has 0 fully saturated rings. The summed E-state index contributed by atoms with van der Waals surface area (Å²) in [5.41, 5.74) is 28.2. The first-order valence-electron chi connectivity index (χ1n) is 31.4. The second-order valence-electron chi connectivity index (χ2n) is 30.8. The first-order valence-corrected chi connectivity index (χ1v) is 33.4. The first kappa shape index (κ1) is 53.4. The third kappa shape index (κ3) is 7.17. The van der Waals surface area contributed by atoms with Crippen molar-refractivity contribution >= 4 is 113 Å². The molecule has 0 N–H and O–H groups in total. The average molecular weight is 1110 g/mol. The minimum atomic E-state index is -3.19. The molecular weight excluding hydrogens is 1030 g/mol. The minimum Gasteiger partial charge on any atom is -0.310 e. The van der Waals surface area contributed by atoms with Crippen molar-refractivity contribution in [2.45, 2.75) is 164 Å². The number of benzene rings is 9. The van der Waals surface area contributed by atoms with Crippen LogP contribution in [-0.4, -0.2) is 23.9 Å². The van der Waals surface area contributed by atoms with E-state index in [-0.39, 0.29) is 28.4 Å². The van der Waals surface area contributed by atoms with Gasteiger partial charge < -0.3 is 14.0 Å². The summed E-state index contributed by atoms with van der Waals surface area (Å²) in [5.74, 6) is 1.17. The average Bonchev–Trinajstić information content (AvgIpc) is 1.40. The van der Waals surface area contributed by atoms with Crippen LogP contribution >= 0.6 is 0 Å². The molecule has 0 radical (unpaired) electrons. The van der Waals surface area contributed by atoms with Gasteiger partial charge in [0.2, 0.25) is 0 Å². The Labute approximate surface area is 500 Å². The molecule has 9 aromatic carbocycles. The summed E-state index contributed by atoms with van der Waals surface area (Å²) in [6, 6.07) is 62.6. The Morgan fingerprint density at radius 1 is 0.405 bits per heavy atom. The maximum atomic E-state index is 2.85. The second kappa shape index (κ2) is 17.4. The summed E-state index contributed by atoms with van der Waals surface area (Å²) in [6.07, 6.45) is 0. The van der Waals surface area contributed by atoms with E-state index in [4.69, 9.17) is 0 Å². The monoisotopic (exact) mass is 1110 g/mol. The predicted molar refractivity (Wildman–Crippen MR) is 368 cm³/mol. The van der Waals surface area contributed by atoms with Crippen LogP contribution in [0.15, 0.2) is 152 Å². The Morgan fingerprint density at radius 2 is 0.964 bits per heavy atom. The quantitative estimate of drug-likeness (QED) is 0.151. The SMILES string of the molecule is CC(C)c1ccc(N(c2cccc(C(C)C)c2)c2ccc3c4c2c2ccc(C(C)C)cc2n4-c2ccc4c5c2B3c2cc(C(C)(C)C)cc3c6cc(C(C)(C)C)cc(c6n-5c23)[Si]42c3cc(C(C)(C)C)ccc3-c3ccc(C(C)(C)C)cc32)cc1. The Balaban J connectivity index is 1.15. The Kier molecular flexibility index (Phi) is 11.1. The normalized spacial score (nSPS) is 14.7. The lowest BCUT2D eigenvalue weighted by atomic mass is 9.34. The van der Waals surface area contributed by atoms with Crippen molar-refractivity contribution in [3.63, 3.8) is 0 Å². The zero-order chi connectivity index (χ0) is 59.0. The molecule has 0 saturated carbocycles. The molecule has 0 bridgehead atoms. The van der Waals surface area contributed by atoms with Gasteiger partial charge in [-0.15, -0.1) is 0 Å². The van der Waals surface area contributed by atoms with Gasteiger partial charge in [-0.05, 0) is 181 Å². The molecular formula is C79H82BN3Si. The van der Waals surface area contributed by atoms with E-state index in [1.165, 1.54) is 144 Å². The molecule has 0 unspecified atom stereocenters. The molecule has 0 aliphatic carbocycles. The Morgan fingerprint density at radius 3 is 1.56 bits per heavy atom. The summed E-state index contributed by atoms with van der Waals surface area (Å²) in [4.78, 5) is 2.57. The molecule has 1 spiro atoms. The fourth-order valence-electron chi connectivity index (χ4n) is 15.6. The van der Waals surface area contributed by atoms with Crippen molar-refractivity contribution in [2.24, 2.45) is 0 Å². The summed E-state index contributed by atoms with van der Waals surface area (Å²) in [6.45, 7) is 42.9. The van der Waals surface area contributed by atoms with E-state index in [0.717, 1.165) is 0 Å². The highest BCUT2D eigenvalue weighted by Crippen LogP contribution is 2.49. The molecule has 15 rings (SSSR count). The van der Waals surface area contributed by atoms with Gasteiger partial charge in [0.25, 0.3) is 6.71 Å². The van der Waals surface area contributed by atoms with E-state index in [9.17, 15) is 0 Å². The fourth-order valence-corrected chi connectivity index (χ4v) is 21.3. The van der Waals surface area contributed by atoms with Crippen molar-refractivity contribution in [2.75, 3.05) is 4.90 Å². The molecule has 0 amide bonds. The van der Waals surface area contributed by atoms with Gasteiger partial charge in [0.15, 0.2) is 8.07 Å². The number of hydrogen-bond acceptors (Lipinski definition) is 1. The molecule has 4 aliphatic rings. The third-order valence-corrected chi connectivity index (χ3v) is 25.3. The molecule has 11 aromatic rings. The summed E-state index contributed by atoms with van der Waals surface area (Å²) in [7, 11) is -3.19. The van der Waals surface area contributed by atoms with Gasteiger partial charge in [-0.2, -0.15) is 0 Å². The third-order valence-electron chi connectivity index (χ3n) is 20.4. The maximum absolute atomic E-state index is 3.19. The van der Waals surface area contributed by atoms with Crippen LogP contribution in [0.3, 0.4) is 0 Å². The van der Waals surface area contributed by atoms with Crippen LogP contribution in [0, 0.1) is 0 Å². The van der Waals surface area contributed by atoms with Gasteiger partial charge in [-0.25, -0.2) is 0 Å². The van der Waals surface area contributed by atoms with E-state index in [1.54, 1.807) is 15.6 Å². The van der Waals surface area contributed by atoms with Gasteiger partial charge >= 0.3 is 0 Å². The minimum absolute atomic E-state index is 0.0330. The number of aromatic nitrogens is 2. The van der Waals surface area contributed by atoms with E-state index in [2.05, 4.69) is 290 Å². The van der Waals surface area contributed by atoms with Gasteiger partial charge in [0.05, 0.1) is 22.2 Å². The molecule has 420 valence electrons. The molecule has 2 aromatic heterocycles. The zero-order valence-electron chi connectivity index (χ0n) is 53.1. The highest BCUT2D eigenvalue weighted by molar-refractivity contribution is 7.24. The topological polar surface area (TPSA) is 13.1 Å². The number of nitrogens with zero attached hydrogens (tertiary/aromatic N) is 3. The molecule has 6 heterocycles. The summed E-state index contributed by atoms with van der Waals surface area (Å²) in [5, 5.41) is 11.6. The van der Waals surface area contributed by atoms with Crippen LogP contribution in [0.1, 0.15) is 181 Å². The van der Waals surface area contributed by atoms with E-state index >= 15 is 0 Å². The number of anilines is 3. The summed E-state index contributed by atoms with van der Waals surface area (Å²) >= 11 is 0. The first-order chi connectivity index (χ1) is 39.7. The van der Waals surface area contributed by atoms with E-state index in [0.29, 0.717) is 17.8 Å². The van der Waals surface area contributed by atoms with Crippen molar-refractivity contribution in [1.29, 1.82) is 0 Å². The van der Waals surface area contributed by atoms with E-state index < -0.39 is 8.07 Å². The Bertz CT molecular complexity index is 4620. The van der Waals surface area contributed by atoms with Crippen molar-refractivity contribution in [3.05, 3.63) is 191 Å². The largest absolute Gasteiger partial charge is 0.310 e. The lowest BCUT2D eigenvalue weighted by molar-refractivity contribution is 0.590. The molecule has 84 heavy (non-hydrogen) atoms. The lowest BCUT2D eigenvalue weighted by Crippen LogP contribution is -2.77. The van der Waals surface area contributed by atoms with Crippen LogP contribution < -0.4 is 42.0 Å². The standard InChI is InChI=1S/C79H82BN3Si/c1-44(2)47-22-27-54(28-23-47)81(55-21-19-20-48(36-55)45(3)4)63-33-32-61-74-70(63)58-29-24-49(46(5)6)37-65(58)82(74)64-34-35-66-75-71(64)80(61)62-40-52(78(13,14)15)38-59-60-39-53(79(16,17)18)43-69(73(60)83(75)72(59)62)84(66)67-41-50(76(7,8)9)25-30-56(67)57-31-26-51(42-68(57)84)77(10,11)12/h19-46H,1-18H3. The molecule has 5 heteroatoms. The van der Waals surface area contributed by atoms with Crippen molar-refractivity contribution < 1.29 is 0 Å². The highest BCUT2D eigenvalue weighted by Gasteiger charge is 2.57. The van der Waals surface area contributed by atoms with Gasteiger partial charge in [-0.1, -0.05) is 222 Å². The smallest absolute Gasteiger partial charge is 0.252 e. The van der Waals surface area contributed by atoms with Crippen LogP contribution in [0.4, 0.5) is 17.1 Å². The number of hydrogen-bond donors (Lipinski definition) is 0. The lowest BCUT2D eigenvalue weighted by Gasteiger charge is -2.43. The molecule has 3 nitrogen and oxygen atoms in total. The van der Waals surface area contributed by atoms with Gasteiger partial charge in [0.1, 0.15) is 0 Å². The molecule has 4 aliphatic heterocycles.